The SMILES string of the molecule is CCOc1cc(/C=C2\C(=O)NC(=O)N(C3CCCC3)C2=O)ccc1OCc1ccccc1C#N. The zero-order chi connectivity index (χ0) is 24.1. The number of nitriles is 1. The van der Waals surface area contributed by atoms with E-state index in [0.717, 1.165) is 31.2 Å². The molecule has 1 heterocycles. The molecule has 0 bridgehead atoms. The van der Waals surface area contributed by atoms with Crippen molar-refractivity contribution in [2.24, 2.45) is 0 Å². The molecule has 2 fully saturated rings. The van der Waals surface area contributed by atoms with Crippen LogP contribution in [0.3, 0.4) is 0 Å². The van der Waals surface area contributed by atoms with Gasteiger partial charge in [0.05, 0.1) is 18.2 Å². The Morgan fingerprint density at radius 1 is 1.09 bits per heavy atom. The molecule has 1 saturated heterocycles. The molecule has 0 spiro atoms. The van der Waals surface area contributed by atoms with Gasteiger partial charge in [0.15, 0.2) is 11.5 Å². The third-order valence-corrected chi connectivity index (χ3v) is 5.92. The summed E-state index contributed by atoms with van der Waals surface area (Å²) in [6.45, 7) is 2.40. The molecule has 4 rings (SSSR count). The number of hydrogen-bond donors (Lipinski definition) is 1. The van der Waals surface area contributed by atoms with Crippen LogP contribution in [0.1, 0.15) is 49.3 Å². The number of carbonyl (C=O) groups is 3. The standard InChI is InChI=1S/C26H25N3O5/c1-2-33-23-14-17(11-12-22(23)34-16-19-8-4-3-7-18(19)15-27)13-21-24(30)28-26(32)29(25(21)31)20-9-5-6-10-20/h3-4,7-8,11-14,20H,2,5-6,9-10,16H2,1H3,(H,28,30,32)/b21-13+. The van der Waals surface area contributed by atoms with E-state index in [1.54, 1.807) is 30.3 Å². The van der Waals surface area contributed by atoms with Gasteiger partial charge < -0.3 is 9.47 Å². The van der Waals surface area contributed by atoms with Gasteiger partial charge in [0.25, 0.3) is 11.8 Å². The van der Waals surface area contributed by atoms with Crippen molar-refractivity contribution in [3.8, 4) is 17.6 Å². The zero-order valence-electron chi connectivity index (χ0n) is 18.9. The number of nitrogens with one attached hydrogen (secondary N) is 1. The zero-order valence-corrected chi connectivity index (χ0v) is 18.9. The van der Waals surface area contributed by atoms with Crippen LogP contribution in [0.2, 0.25) is 0 Å². The van der Waals surface area contributed by atoms with E-state index in [4.69, 9.17) is 9.47 Å². The summed E-state index contributed by atoms with van der Waals surface area (Å²) in [6.07, 6.45) is 4.86. The second-order valence-corrected chi connectivity index (χ2v) is 8.13. The molecule has 0 aromatic heterocycles. The summed E-state index contributed by atoms with van der Waals surface area (Å²) in [4.78, 5) is 39.0. The molecule has 174 valence electrons. The minimum absolute atomic E-state index is 0.0921. The molecule has 8 nitrogen and oxygen atoms in total. The first-order valence-corrected chi connectivity index (χ1v) is 11.3. The molecule has 1 aliphatic carbocycles. The number of imide groups is 2. The maximum absolute atomic E-state index is 13.0. The molecule has 2 aromatic rings. The largest absolute Gasteiger partial charge is 0.490 e. The molecule has 1 N–H and O–H groups in total. The molecule has 1 aliphatic heterocycles. The van der Waals surface area contributed by atoms with Crippen LogP contribution in [-0.2, 0) is 16.2 Å². The molecular formula is C26H25N3O5. The lowest BCUT2D eigenvalue weighted by molar-refractivity contribution is -0.131. The summed E-state index contributed by atoms with van der Waals surface area (Å²) in [7, 11) is 0. The van der Waals surface area contributed by atoms with Crippen LogP contribution in [0.4, 0.5) is 4.79 Å². The van der Waals surface area contributed by atoms with Crippen LogP contribution < -0.4 is 14.8 Å². The highest BCUT2D eigenvalue weighted by molar-refractivity contribution is 6.31. The number of benzene rings is 2. The Morgan fingerprint density at radius 3 is 2.59 bits per heavy atom. The Hall–Kier alpha value is -4.12. The minimum Gasteiger partial charge on any atom is -0.490 e. The molecule has 4 amide bonds. The van der Waals surface area contributed by atoms with Gasteiger partial charge in [-0.05, 0) is 49.6 Å². The molecule has 1 saturated carbocycles. The molecule has 2 aromatic carbocycles. The first-order valence-electron chi connectivity index (χ1n) is 11.3. The van der Waals surface area contributed by atoms with Crippen molar-refractivity contribution in [3.05, 3.63) is 64.7 Å². The summed E-state index contributed by atoms with van der Waals surface area (Å²) < 4.78 is 11.6. The Bertz CT molecular complexity index is 1190. The van der Waals surface area contributed by atoms with E-state index in [1.165, 1.54) is 11.0 Å². The third-order valence-electron chi connectivity index (χ3n) is 5.92. The lowest BCUT2D eigenvalue weighted by atomic mass is 10.0. The molecular weight excluding hydrogens is 434 g/mol. The quantitative estimate of drug-likeness (QED) is 0.496. The van der Waals surface area contributed by atoms with Gasteiger partial charge in [-0.15, -0.1) is 0 Å². The van der Waals surface area contributed by atoms with Crippen LogP contribution in [-0.4, -0.2) is 35.4 Å². The number of urea groups is 1. The van der Waals surface area contributed by atoms with Crippen LogP contribution in [0.5, 0.6) is 11.5 Å². The predicted molar refractivity (Wildman–Crippen MR) is 124 cm³/mol. The second kappa shape index (κ2) is 10.2. The van der Waals surface area contributed by atoms with Gasteiger partial charge >= 0.3 is 6.03 Å². The van der Waals surface area contributed by atoms with Crippen molar-refractivity contribution in [2.75, 3.05) is 6.61 Å². The van der Waals surface area contributed by atoms with Crippen LogP contribution in [0.25, 0.3) is 6.08 Å². The highest BCUT2D eigenvalue weighted by Crippen LogP contribution is 2.32. The molecule has 8 heteroatoms. The fourth-order valence-corrected chi connectivity index (χ4v) is 4.24. The van der Waals surface area contributed by atoms with Crippen LogP contribution in [0.15, 0.2) is 48.0 Å². The van der Waals surface area contributed by atoms with E-state index in [1.807, 2.05) is 19.1 Å². The van der Waals surface area contributed by atoms with Crippen molar-refractivity contribution in [3.63, 3.8) is 0 Å². The number of carbonyl (C=O) groups excluding carboxylic acids is 3. The Morgan fingerprint density at radius 2 is 1.85 bits per heavy atom. The first kappa shape index (κ1) is 23.1. The molecule has 0 atom stereocenters. The summed E-state index contributed by atoms with van der Waals surface area (Å²) in [5, 5.41) is 11.6. The summed E-state index contributed by atoms with van der Waals surface area (Å²) >= 11 is 0. The monoisotopic (exact) mass is 459 g/mol. The van der Waals surface area contributed by atoms with Crippen LogP contribution >= 0.6 is 0 Å². The number of nitrogens with zero attached hydrogens (tertiary/aromatic N) is 2. The highest BCUT2D eigenvalue weighted by atomic mass is 16.5. The summed E-state index contributed by atoms with van der Waals surface area (Å²) in [5.41, 5.74) is 1.75. The normalized spacial score (nSPS) is 17.6. The second-order valence-electron chi connectivity index (χ2n) is 8.13. The van der Waals surface area contributed by atoms with Crippen molar-refractivity contribution >= 4 is 23.9 Å². The average molecular weight is 460 g/mol. The molecule has 2 aliphatic rings. The van der Waals surface area contributed by atoms with E-state index in [-0.39, 0.29) is 18.2 Å². The summed E-state index contributed by atoms with van der Waals surface area (Å²) in [6, 6.07) is 13.6. The number of rotatable bonds is 7. The lowest BCUT2D eigenvalue weighted by Crippen LogP contribution is -2.57. The number of amides is 4. The van der Waals surface area contributed by atoms with Gasteiger partial charge in [0.1, 0.15) is 12.2 Å². The van der Waals surface area contributed by atoms with E-state index in [2.05, 4.69) is 11.4 Å². The first-order chi connectivity index (χ1) is 16.5. The van der Waals surface area contributed by atoms with Gasteiger partial charge in [0, 0.05) is 11.6 Å². The lowest BCUT2D eigenvalue weighted by Gasteiger charge is -2.31. The molecule has 34 heavy (non-hydrogen) atoms. The Kier molecular flexibility index (Phi) is 6.93. The van der Waals surface area contributed by atoms with Gasteiger partial charge in [-0.3, -0.25) is 19.8 Å². The fourth-order valence-electron chi connectivity index (χ4n) is 4.24. The van der Waals surface area contributed by atoms with Crippen molar-refractivity contribution in [1.82, 2.24) is 10.2 Å². The predicted octanol–water partition coefficient (Wildman–Crippen LogP) is 3.94. The van der Waals surface area contributed by atoms with Gasteiger partial charge in [-0.2, -0.15) is 5.26 Å². The van der Waals surface area contributed by atoms with E-state index >= 15 is 0 Å². The maximum atomic E-state index is 13.0. The molecule has 0 radical (unpaired) electrons. The topological polar surface area (TPSA) is 109 Å². The van der Waals surface area contributed by atoms with Crippen LogP contribution in [0, 0.1) is 11.3 Å². The highest BCUT2D eigenvalue weighted by Gasteiger charge is 2.40. The average Bonchev–Trinajstić information content (AvgIpc) is 3.36. The van der Waals surface area contributed by atoms with E-state index < -0.39 is 17.8 Å². The molecule has 0 unspecified atom stereocenters. The summed E-state index contributed by atoms with van der Waals surface area (Å²) in [5.74, 6) is -0.375. The number of ether oxygens (including phenoxy) is 2. The van der Waals surface area contributed by atoms with Crippen molar-refractivity contribution < 1.29 is 23.9 Å². The number of hydrogen-bond acceptors (Lipinski definition) is 6. The van der Waals surface area contributed by atoms with Gasteiger partial charge in [-0.25, -0.2) is 4.79 Å². The van der Waals surface area contributed by atoms with Crippen molar-refractivity contribution in [2.45, 2.75) is 45.3 Å². The van der Waals surface area contributed by atoms with Gasteiger partial charge in [-0.1, -0.05) is 37.1 Å². The van der Waals surface area contributed by atoms with E-state index in [9.17, 15) is 19.6 Å². The number of barbiturate groups is 1. The minimum atomic E-state index is -0.712. The third kappa shape index (κ3) is 4.79. The van der Waals surface area contributed by atoms with E-state index in [0.29, 0.717) is 29.2 Å². The maximum Gasteiger partial charge on any atom is 0.331 e. The Balaban J connectivity index is 1.58. The smallest absolute Gasteiger partial charge is 0.331 e. The Labute approximate surface area is 197 Å². The van der Waals surface area contributed by atoms with Crippen molar-refractivity contribution in [1.29, 1.82) is 5.26 Å². The van der Waals surface area contributed by atoms with Gasteiger partial charge in [0.2, 0.25) is 0 Å². The fraction of sp³-hybridized carbons (Fsp3) is 0.308.